The highest BCUT2D eigenvalue weighted by atomic mass is 16.5. The van der Waals surface area contributed by atoms with Crippen LogP contribution in [0.5, 0.6) is 5.75 Å². The smallest absolute Gasteiger partial charge is 0.122 e. The molecule has 96 valence electrons. The summed E-state index contributed by atoms with van der Waals surface area (Å²) in [6.45, 7) is 5.32. The first-order chi connectivity index (χ1) is 8.27. The zero-order chi connectivity index (χ0) is 12.5. The van der Waals surface area contributed by atoms with Crippen molar-refractivity contribution >= 4 is 0 Å². The third kappa shape index (κ3) is 5.22. The Morgan fingerprint density at radius 3 is 2.65 bits per heavy atom. The molecule has 0 aromatic heterocycles. The van der Waals surface area contributed by atoms with Gasteiger partial charge >= 0.3 is 0 Å². The van der Waals surface area contributed by atoms with Crippen molar-refractivity contribution in [2.75, 3.05) is 13.2 Å². The summed E-state index contributed by atoms with van der Waals surface area (Å²) in [6, 6.07) is 6.44. The van der Waals surface area contributed by atoms with E-state index < -0.39 is 0 Å². The van der Waals surface area contributed by atoms with E-state index in [2.05, 4.69) is 32.0 Å². The summed E-state index contributed by atoms with van der Waals surface area (Å²) < 4.78 is 5.73. The molecule has 0 radical (unpaired) electrons. The molecule has 1 aromatic carbocycles. The highest BCUT2D eigenvalue weighted by molar-refractivity contribution is 5.36. The fraction of sp³-hybridized carbons (Fsp3) is 0.600. The van der Waals surface area contributed by atoms with Crippen LogP contribution in [-0.4, -0.2) is 18.3 Å². The van der Waals surface area contributed by atoms with Gasteiger partial charge in [-0.3, -0.25) is 0 Å². The number of rotatable bonds is 8. The van der Waals surface area contributed by atoms with Crippen LogP contribution in [0.3, 0.4) is 0 Å². The van der Waals surface area contributed by atoms with Gasteiger partial charge in [0.25, 0.3) is 0 Å². The van der Waals surface area contributed by atoms with Crippen molar-refractivity contribution in [1.29, 1.82) is 0 Å². The Morgan fingerprint density at radius 1 is 1.18 bits per heavy atom. The van der Waals surface area contributed by atoms with Crippen LogP contribution in [0.2, 0.25) is 0 Å². The average molecular weight is 236 g/mol. The molecule has 0 spiro atoms. The molecule has 0 unspecified atom stereocenters. The SMILES string of the molecule is CCCc1ccc(OCCCCCO)c(C)c1. The molecule has 1 rings (SSSR count). The van der Waals surface area contributed by atoms with Crippen molar-refractivity contribution in [2.24, 2.45) is 0 Å². The molecule has 0 saturated heterocycles. The van der Waals surface area contributed by atoms with Crippen molar-refractivity contribution in [3.63, 3.8) is 0 Å². The van der Waals surface area contributed by atoms with E-state index in [1.165, 1.54) is 17.5 Å². The Bertz CT molecular complexity index is 321. The van der Waals surface area contributed by atoms with Gasteiger partial charge in [-0.25, -0.2) is 0 Å². The van der Waals surface area contributed by atoms with Crippen molar-refractivity contribution in [3.8, 4) is 5.75 Å². The Balaban J connectivity index is 2.38. The largest absolute Gasteiger partial charge is 0.493 e. The summed E-state index contributed by atoms with van der Waals surface area (Å²) in [7, 11) is 0. The summed E-state index contributed by atoms with van der Waals surface area (Å²) in [5, 5.41) is 8.67. The Morgan fingerprint density at radius 2 is 2.00 bits per heavy atom. The van der Waals surface area contributed by atoms with Crippen LogP contribution >= 0.6 is 0 Å². The van der Waals surface area contributed by atoms with E-state index in [0.29, 0.717) is 0 Å². The number of unbranched alkanes of at least 4 members (excludes halogenated alkanes) is 2. The van der Waals surface area contributed by atoms with Crippen LogP contribution in [0.4, 0.5) is 0 Å². The summed E-state index contributed by atoms with van der Waals surface area (Å²) in [4.78, 5) is 0. The summed E-state index contributed by atoms with van der Waals surface area (Å²) in [6.07, 6.45) is 5.23. The van der Waals surface area contributed by atoms with Crippen molar-refractivity contribution < 1.29 is 9.84 Å². The number of aliphatic hydroxyl groups is 1. The van der Waals surface area contributed by atoms with Crippen LogP contribution < -0.4 is 4.74 Å². The molecule has 0 fully saturated rings. The van der Waals surface area contributed by atoms with Crippen LogP contribution in [-0.2, 0) is 6.42 Å². The number of aliphatic hydroxyl groups excluding tert-OH is 1. The Labute approximate surface area is 105 Å². The quantitative estimate of drug-likeness (QED) is 0.700. The molecule has 1 N–H and O–H groups in total. The molecule has 2 nitrogen and oxygen atoms in total. The van der Waals surface area contributed by atoms with Gasteiger partial charge in [-0.15, -0.1) is 0 Å². The van der Waals surface area contributed by atoms with Crippen LogP contribution in [0.1, 0.15) is 43.7 Å². The summed E-state index contributed by atoms with van der Waals surface area (Å²) in [5.41, 5.74) is 2.61. The lowest BCUT2D eigenvalue weighted by molar-refractivity contribution is 0.265. The molecule has 0 aliphatic rings. The van der Waals surface area contributed by atoms with E-state index in [1.54, 1.807) is 0 Å². The maximum absolute atomic E-state index is 8.67. The second-order valence-corrected chi connectivity index (χ2v) is 4.48. The van der Waals surface area contributed by atoms with Crippen molar-refractivity contribution in [3.05, 3.63) is 29.3 Å². The molecule has 0 saturated carbocycles. The summed E-state index contributed by atoms with van der Waals surface area (Å²) in [5.74, 6) is 0.994. The third-order valence-electron chi connectivity index (χ3n) is 2.84. The fourth-order valence-electron chi connectivity index (χ4n) is 1.89. The van der Waals surface area contributed by atoms with E-state index in [-0.39, 0.29) is 6.61 Å². The first-order valence-electron chi connectivity index (χ1n) is 6.61. The van der Waals surface area contributed by atoms with Gasteiger partial charge in [-0.2, -0.15) is 0 Å². The molecule has 0 atom stereocenters. The fourth-order valence-corrected chi connectivity index (χ4v) is 1.89. The minimum atomic E-state index is 0.282. The molecule has 2 heteroatoms. The van der Waals surface area contributed by atoms with Gasteiger partial charge in [-0.05, 0) is 49.8 Å². The second kappa shape index (κ2) is 8.13. The van der Waals surface area contributed by atoms with Crippen LogP contribution in [0.15, 0.2) is 18.2 Å². The highest BCUT2D eigenvalue weighted by Gasteiger charge is 2.00. The third-order valence-corrected chi connectivity index (χ3v) is 2.84. The molecular weight excluding hydrogens is 212 g/mol. The van der Waals surface area contributed by atoms with Gasteiger partial charge in [0.1, 0.15) is 5.75 Å². The van der Waals surface area contributed by atoms with Crippen LogP contribution in [0, 0.1) is 6.92 Å². The Kier molecular flexibility index (Phi) is 6.71. The maximum Gasteiger partial charge on any atom is 0.122 e. The number of aryl methyl sites for hydroxylation is 2. The molecule has 17 heavy (non-hydrogen) atoms. The van der Waals surface area contributed by atoms with Crippen molar-refractivity contribution in [1.82, 2.24) is 0 Å². The zero-order valence-electron chi connectivity index (χ0n) is 11.0. The van der Waals surface area contributed by atoms with E-state index in [1.807, 2.05) is 0 Å². The topological polar surface area (TPSA) is 29.5 Å². The predicted molar refractivity (Wildman–Crippen MR) is 71.6 cm³/mol. The lowest BCUT2D eigenvalue weighted by Crippen LogP contribution is -2.00. The molecule has 1 aromatic rings. The van der Waals surface area contributed by atoms with Gasteiger partial charge in [0, 0.05) is 6.61 Å². The molecule has 0 heterocycles. The first kappa shape index (κ1) is 14.0. The van der Waals surface area contributed by atoms with Gasteiger partial charge in [0.15, 0.2) is 0 Å². The average Bonchev–Trinajstić information content (AvgIpc) is 2.32. The van der Waals surface area contributed by atoms with Crippen LogP contribution in [0.25, 0.3) is 0 Å². The van der Waals surface area contributed by atoms with Gasteiger partial charge < -0.3 is 9.84 Å². The highest BCUT2D eigenvalue weighted by Crippen LogP contribution is 2.20. The minimum Gasteiger partial charge on any atom is -0.493 e. The van der Waals surface area contributed by atoms with Gasteiger partial charge in [0.2, 0.25) is 0 Å². The zero-order valence-corrected chi connectivity index (χ0v) is 11.0. The predicted octanol–water partition coefficient (Wildman–Crippen LogP) is 3.49. The van der Waals surface area contributed by atoms with E-state index >= 15 is 0 Å². The monoisotopic (exact) mass is 236 g/mol. The van der Waals surface area contributed by atoms with E-state index in [0.717, 1.165) is 38.0 Å². The molecular formula is C15H24O2. The first-order valence-corrected chi connectivity index (χ1v) is 6.61. The van der Waals surface area contributed by atoms with Crippen molar-refractivity contribution in [2.45, 2.75) is 46.0 Å². The molecule has 0 aliphatic carbocycles. The second-order valence-electron chi connectivity index (χ2n) is 4.48. The molecule has 0 amide bonds. The lowest BCUT2D eigenvalue weighted by Gasteiger charge is -2.10. The van der Waals surface area contributed by atoms with Gasteiger partial charge in [-0.1, -0.05) is 25.5 Å². The standard InChI is InChI=1S/C15H24O2/c1-3-7-14-8-9-15(13(2)12-14)17-11-6-4-5-10-16/h8-9,12,16H,3-7,10-11H2,1-2H3. The van der Waals surface area contributed by atoms with E-state index in [4.69, 9.17) is 9.84 Å². The number of ether oxygens (including phenoxy) is 1. The number of benzene rings is 1. The minimum absolute atomic E-state index is 0.282. The molecule has 0 bridgehead atoms. The Hall–Kier alpha value is -1.02. The maximum atomic E-state index is 8.67. The molecule has 0 aliphatic heterocycles. The van der Waals surface area contributed by atoms with Gasteiger partial charge in [0.05, 0.1) is 6.61 Å². The van der Waals surface area contributed by atoms with E-state index in [9.17, 15) is 0 Å². The lowest BCUT2D eigenvalue weighted by atomic mass is 10.1. The number of hydrogen-bond donors (Lipinski definition) is 1. The number of hydrogen-bond acceptors (Lipinski definition) is 2. The summed E-state index contributed by atoms with van der Waals surface area (Å²) >= 11 is 0. The normalized spacial score (nSPS) is 10.5.